The number of hydrogen-bond donors (Lipinski definition) is 2. The Morgan fingerprint density at radius 2 is 2.25 bits per heavy atom. The number of amides is 1. The molecule has 0 spiro atoms. The first-order valence-electron chi connectivity index (χ1n) is 6.66. The molecule has 0 aliphatic carbocycles. The van der Waals surface area contributed by atoms with E-state index in [2.05, 4.69) is 5.32 Å². The van der Waals surface area contributed by atoms with Gasteiger partial charge in [-0.1, -0.05) is 0 Å². The molecule has 1 amide bonds. The minimum absolute atomic E-state index is 0.175. The van der Waals surface area contributed by atoms with Crippen LogP contribution in [0.2, 0.25) is 0 Å². The van der Waals surface area contributed by atoms with Gasteiger partial charge in [-0.15, -0.1) is 0 Å². The molecule has 1 aliphatic heterocycles. The van der Waals surface area contributed by atoms with Gasteiger partial charge in [0, 0.05) is 19.6 Å². The van der Waals surface area contributed by atoms with Crippen molar-refractivity contribution in [1.82, 2.24) is 5.32 Å². The third kappa shape index (κ3) is 3.20. The fourth-order valence-corrected chi connectivity index (χ4v) is 2.40. The second kappa shape index (κ2) is 6.39. The highest BCUT2D eigenvalue weighted by molar-refractivity contribution is 5.95. The monoisotopic (exact) mass is 283 g/mol. The highest BCUT2D eigenvalue weighted by atomic mass is 16.5. The standard InChI is InChI=1S/C14H21NO5/c1-8-4-11(9(2)20-8)14(17)15-5-10-6-19-7-12(18-3)13(10)16/h4,10,12-13,16H,5-7H2,1-3H3,(H,15,17)/t10-,12-,13+/m1/s1. The Balaban J connectivity index is 1.91. The molecule has 0 saturated carbocycles. The van der Waals surface area contributed by atoms with E-state index in [1.807, 2.05) is 0 Å². The molecule has 1 saturated heterocycles. The van der Waals surface area contributed by atoms with E-state index in [1.165, 1.54) is 7.11 Å². The average molecular weight is 283 g/mol. The van der Waals surface area contributed by atoms with Gasteiger partial charge < -0.3 is 24.3 Å². The maximum absolute atomic E-state index is 12.1. The van der Waals surface area contributed by atoms with Crippen LogP contribution in [0.1, 0.15) is 21.9 Å². The number of aryl methyl sites for hydroxylation is 2. The first-order valence-corrected chi connectivity index (χ1v) is 6.66. The van der Waals surface area contributed by atoms with Crippen molar-refractivity contribution in [2.75, 3.05) is 26.9 Å². The summed E-state index contributed by atoms with van der Waals surface area (Å²) in [6.45, 7) is 4.67. The Morgan fingerprint density at radius 1 is 1.50 bits per heavy atom. The van der Waals surface area contributed by atoms with Crippen LogP contribution in [0.25, 0.3) is 0 Å². The number of ether oxygens (including phenoxy) is 2. The van der Waals surface area contributed by atoms with E-state index < -0.39 is 6.10 Å². The van der Waals surface area contributed by atoms with Crippen molar-refractivity contribution >= 4 is 5.91 Å². The molecule has 2 rings (SSSR count). The molecule has 0 radical (unpaired) electrons. The number of carbonyl (C=O) groups excluding carboxylic acids is 1. The third-order valence-electron chi connectivity index (χ3n) is 3.59. The SMILES string of the molecule is CO[C@@H]1COC[C@@H](CNC(=O)c2cc(C)oc2C)[C@@H]1O. The van der Waals surface area contributed by atoms with E-state index in [4.69, 9.17) is 13.9 Å². The second-order valence-electron chi connectivity index (χ2n) is 5.10. The largest absolute Gasteiger partial charge is 0.466 e. The molecule has 0 aromatic carbocycles. The van der Waals surface area contributed by atoms with Crippen molar-refractivity contribution < 1.29 is 23.8 Å². The second-order valence-corrected chi connectivity index (χ2v) is 5.10. The molecule has 112 valence electrons. The molecule has 6 heteroatoms. The third-order valence-corrected chi connectivity index (χ3v) is 3.59. The minimum Gasteiger partial charge on any atom is -0.466 e. The van der Waals surface area contributed by atoms with E-state index in [0.29, 0.717) is 36.8 Å². The number of rotatable bonds is 4. The van der Waals surface area contributed by atoms with Crippen LogP contribution >= 0.6 is 0 Å². The summed E-state index contributed by atoms with van der Waals surface area (Å²) in [5.41, 5.74) is 0.525. The number of carbonyl (C=O) groups is 1. The van der Waals surface area contributed by atoms with Gasteiger partial charge in [0.05, 0.1) is 24.9 Å². The molecular weight excluding hydrogens is 262 g/mol. The lowest BCUT2D eigenvalue weighted by Crippen LogP contribution is -2.49. The van der Waals surface area contributed by atoms with Gasteiger partial charge in [-0.2, -0.15) is 0 Å². The number of aliphatic hydroxyl groups excluding tert-OH is 1. The van der Waals surface area contributed by atoms with E-state index >= 15 is 0 Å². The molecule has 2 heterocycles. The van der Waals surface area contributed by atoms with Crippen LogP contribution in [-0.2, 0) is 9.47 Å². The maximum atomic E-state index is 12.1. The van der Waals surface area contributed by atoms with Crippen LogP contribution in [0.3, 0.4) is 0 Å². The van der Waals surface area contributed by atoms with Crippen LogP contribution in [0.4, 0.5) is 0 Å². The van der Waals surface area contributed by atoms with Gasteiger partial charge in [-0.25, -0.2) is 0 Å². The van der Waals surface area contributed by atoms with E-state index in [1.54, 1.807) is 19.9 Å². The topological polar surface area (TPSA) is 80.9 Å². The normalized spacial score (nSPS) is 26.5. The van der Waals surface area contributed by atoms with E-state index in [0.717, 1.165) is 0 Å². The Hall–Kier alpha value is -1.37. The number of methoxy groups -OCH3 is 1. The fraction of sp³-hybridized carbons (Fsp3) is 0.643. The summed E-state index contributed by atoms with van der Waals surface area (Å²) in [7, 11) is 1.54. The Morgan fingerprint density at radius 3 is 2.85 bits per heavy atom. The Kier molecular flexibility index (Phi) is 4.80. The van der Waals surface area contributed by atoms with Crippen LogP contribution in [0, 0.1) is 19.8 Å². The molecule has 1 fully saturated rings. The van der Waals surface area contributed by atoms with Crippen LogP contribution in [0.15, 0.2) is 10.5 Å². The van der Waals surface area contributed by atoms with Crippen LogP contribution < -0.4 is 5.32 Å². The molecule has 0 unspecified atom stereocenters. The van der Waals surface area contributed by atoms with Crippen molar-refractivity contribution in [2.24, 2.45) is 5.92 Å². The first-order chi connectivity index (χ1) is 9.52. The molecule has 2 N–H and O–H groups in total. The highest BCUT2D eigenvalue weighted by Crippen LogP contribution is 2.18. The maximum Gasteiger partial charge on any atom is 0.254 e. The van der Waals surface area contributed by atoms with Crippen LogP contribution in [0.5, 0.6) is 0 Å². The average Bonchev–Trinajstić information content (AvgIpc) is 2.76. The molecule has 20 heavy (non-hydrogen) atoms. The number of furan rings is 1. The van der Waals surface area contributed by atoms with Gasteiger partial charge in [-0.3, -0.25) is 4.79 Å². The molecule has 1 aromatic heterocycles. The van der Waals surface area contributed by atoms with Crippen molar-refractivity contribution in [3.8, 4) is 0 Å². The van der Waals surface area contributed by atoms with Crippen LogP contribution in [-0.4, -0.2) is 50.1 Å². The molecule has 3 atom stereocenters. The molecule has 1 aliphatic rings. The molecule has 0 bridgehead atoms. The number of aliphatic hydroxyl groups is 1. The lowest BCUT2D eigenvalue weighted by molar-refractivity contribution is -0.132. The molecule has 1 aromatic rings. The van der Waals surface area contributed by atoms with Crippen molar-refractivity contribution in [2.45, 2.75) is 26.1 Å². The van der Waals surface area contributed by atoms with Gasteiger partial charge in [0.15, 0.2) is 0 Å². The highest BCUT2D eigenvalue weighted by Gasteiger charge is 2.33. The first kappa shape index (κ1) is 15.0. The van der Waals surface area contributed by atoms with Crippen molar-refractivity contribution in [3.63, 3.8) is 0 Å². The van der Waals surface area contributed by atoms with Gasteiger partial charge in [0.1, 0.15) is 17.6 Å². The summed E-state index contributed by atoms with van der Waals surface area (Å²) in [5.74, 6) is 0.917. The van der Waals surface area contributed by atoms with Gasteiger partial charge in [0.2, 0.25) is 0 Å². The summed E-state index contributed by atoms with van der Waals surface area (Å²) in [4.78, 5) is 12.1. The van der Waals surface area contributed by atoms with Gasteiger partial charge >= 0.3 is 0 Å². The summed E-state index contributed by atoms with van der Waals surface area (Å²) in [6.07, 6.45) is -0.982. The smallest absolute Gasteiger partial charge is 0.254 e. The van der Waals surface area contributed by atoms with Crippen molar-refractivity contribution in [3.05, 3.63) is 23.2 Å². The predicted molar refractivity (Wildman–Crippen MR) is 71.6 cm³/mol. The fourth-order valence-electron chi connectivity index (χ4n) is 2.40. The zero-order valence-corrected chi connectivity index (χ0v) is 12.0. The Bertz CT molecular complexity index is 470. The summed E-state index contributed by atoms with van der Waals surface area (Å²) < 4.78 is 15.8. The zero-order valence-electron chi connectivity index (χ0n) is 12.0. The lowest BCUT2D eigenvalue weighted by Gasteiger charge is -2.33. The minimum atomic E-state index is -0.638. The number of nitrogens with one attached hydrogen (secondary N) is 1. The van der Waals surface area contributed by atoms with E-state index in [-0.39, 0.29) is 17.9 Å². The Labute approximate surface area is 118 Å². The van der Waals surface area contributed by atoms with Gasteiger partial charge in [-0.05, 0) is 19.9 Å². The van der Waals surface area contributed by atoms with E-state index in [9.17, 15) is 9.90 Å². The predicted octanol–water partition coefficient (Wildman–Crippen LogP) is 0.649. The lowest BCUT2D eigenvalue weighted by atomic mass is 9.96. The quantitative estimate of drug-likeness (QED) is 0.848. The van der Waals surface area contributed by atoms with Gasteiger partial charge in [0.25, 0.3) is 5.91 Å². The molecule has 6 nitrogen and oxygen atoms in total. The summed E-state index contributed by atoms with van der Waals surface area (Å²) in [6, 6.07) is 1.70. The van der Waals surface area contributed by atoms with Crippen molar-refractivity contribution in [1.29, 1.82) is 0 Å². The summed E-state index contributed by atoms with van der Waals surface area (Å²) in [5, 5.41) is 12.9. The molecular formula is C14H21NO5. The number of hydrogen-bond acceptors (Lipinski definition) is 5. The zero-order chi connectivity index (χ0) is 14.7. The summed E-state index contributed by atoms with van der Waals surface area (Å²) >= 11 is 0.